The maximum absolute atomic E-state index is 9.93. The van der Waals surface area contributed by atoms with Crippen molar-refractivity contribution < 1.29 is 9.90 Å². The molecule has 0 aromatic carbocycles. The molecular formula is C4H9BO2. The van der Waals surface area contributed by atoms with E-state index in [0.29, 0.717) is 0 Å². The van der Waals surface area contributed by atoms with Crippen LogP contribution in [-0.4, -0.2) is 17.7 Å². The molecule has 0 fully saturated rings. The Morgan fingerprint density at radius 2 is 2.29 bits per heavy atom. The van der Waals surface area contributed by atoms with Crippen molar-refractivity contribution in [1.82, 2.24) is 0 Å². The molecule has 0 atom stereocenters. The number of carboxylic acid groups (broad SMARTS) is 1. The van der Waals surface area contributed by atoms with E-state index in [1.165, 1.54) is 0 Å². The molecule has 3 heteroatoms. The first-order valence-electron chi connectivity index (χ1n) is 2.41. The zero-order valence-electron chi connectivity index (χ0n) is 4.64. The molecule has 0 unspecified atom stereocenters. The Hall–Kier alpha value is -0.465. The average Bonchev–Trinajstić information content (AvgIpc) is 1.65. The largest absolute Gasteiger partial charge is 0.489 e. The van der Waals surface area contributed by atoms with Gasteiger partial charge < -0.3 is 5.11 Å². The second-order valence-electron chi connectivity index (χ2n) is 1.65. The lowest BCUT2D eigenvalue weighted by atomic mass is 9.50. The Bertz CT molecular complexity index is 72.1. The lowest BCUT2D eigenvalue weighted by Gasteiger charge is -1.91. The van der Waals surface area contributed by atoms with Crippen molar-refractivity contribution >= 4 is 12.6 Å². The van der Waals surface area contributed by atoms with Crippen LogP contribution in [0.3, 0.4) is 0 Å². The van der Waals surface area contributed by atoms with Gasteiger partial charge in [-0.15, -0.1) is 0 Å². The van der Waals surface area contributed by atoms with Crippen LogP contribution < -0.4 is 0 Å². The smallest absolute Gasteiger partial charge is 0.274 e. The SMILES string of the molecule is CCB(C)C(=O)O. The number of hydrogen-bond donors (Lipinski definition) is 1. The van der Waals surface area contributed by atoms with E-state index in [1.54, 1.807) is 6.82 Å². The summed E-state index contributed by atoms with van der Waals surface area (Å²) in [6, 6.07) is 0. The van der Waals surface area contributed by atoms with Gasteiger partial charge in [-0.05, 0) is 0 Å². The first kappa shape index (κ1) is 6.53. The van der Waals surface area contributed by atoms with Crippen LogP contribution in [0.4, 0.5) is 4.79 Å². The fourth-order valence-corrected chi connectivity index (χ4v) is 0.175. The Balaban J connectivity index is 3.34. The molecule has 0 saturated carbocycles. The van der Waals surface area contributed by atoms with E-state index in [9.17, 15) is 4.79 Å². The maximum atomic E-state index is 9.93. The lowest BCUT2D eigenvalue weighted by molar-refractivity contribution is 0.219. The molecule has 0 spiro atoms. The third kappa shape index (κ3) is 2.26. The topological polar surface area (TPSA) is 37.3 Å². The van der Waals surface area contributed by atoms with Crippen LogP contribution in [0.5, 0.6) is 0 Å². The predicted octanol–water partition coefficient (Wildman–Crippen LogP) is 1.39. The summed E-state index contributed by atoms with van der Waals surface area (Å²) in [6.45, 7) is 3.38. The van der Waals surface area contributed by atoms with E-state index in [4.69, 9.17) is 5.11 Å². The van der Waals surface area contributed by atoms with Gasteiger partial charge in [0, 0.05) is 0 Å². The zero-order valence-corrected chi connectivity index (χ0v) is 4.64. The molecule has 2 nitrogen and oxygen atoms in total. The zero-order chi connectivity index (χ0) is 5.86. The first-order chi connectivity index (χ1) is 3.18. The standard InChI is InChI=1S/C4H9BO2/c1-3-5(2)4(6)7/h3H2,1-2H3,(H,6,7). The highest BCUT2D eigenvalue weighted by atomic mass is 16.4. The van der Waals surface area contributed by atoms with Crippen LogP contribution in [-0.2, 0) is 0 Å². The van der Waals surface area contributed by atoms with Crippen LogP contribution in [0.1, 0.15) is 6.92 Å². The van der Waals surface area contributed by atoms with Gasteiger partial charge in [0.05, 0.1) is 0 Å². The van der Waals surface area contributed by atoms with E-state index in [-0.39, 0.29) is 6.71 Å². The van der Waals surface area contributed by atoms with E-state index in [0.717, 1.165) is 6.32 Å². The summed E-state index contributed by atoms with van der Waals surface area (Å²) in [6.07, 6.45) is 0.718. The molecule has 0 bridgehead atoms. The molecule has 0 aliphatic rings. The van der Waals surface area contributed by atoms with Gasteiger partial charge in [-0.2, -0.15) is 0 Å². The molecule has 0 aromatic heterocycles. The highest BCUT2D eigenvalue weighted by Gasteiger charge is 2.11. The second-order valence-corrected chi connectivity index (χ2v) is 1.65. The van der Waals surface area contributed by atoms with Gasteiger partial charge >= 0.3 is 0 Å². The summed E-state index contributed by atoms with van der Waals surface area (Å²) >= 11 is 0. The minimum atomic E-state index is -0.706. The van der Waals surface area contributed by atoms with Gasteiger partial charge in [-0.3, -0.25) is 4.79 Å². The minimum absolute atomic E-state index is 0.181. The van der Waals surface area contributed by atoms with Crippen molar-refractivity contribution in [3.63, 3.8) is 0 Å². The van der Waals surface area contributed by atoms with E-state index >= 15 is 0 Å². The number of hydrogen-bond acceptors (Lipinski definition) is 1. The Morgan fingerprint density at radius 3 is 2.29 bits per heavy atom. The second kappa shape index (κ2) is 2.67. The molecule has 0 amide bonds. The van der Waals surface area contributed by atoms with E-state index in [2.05, 4.69) is 0 Å². The summed E-state index contributed by atoms with van der Waals surface area (Å²) < 4.78 is 0. The Morgan fingerprint density at radius 1 is 1.86 bits per heavy atom. The minimum Gasteiger partial charge on any atom is -0.489 e. The van der Waals surface area contributed by atoms with Crippen molar-refractivity contribution in [2.45, 2.75) is 20.1 Å². The third-order valence-electron chi connectivity index (χ3n) is 1.03. The maximum Gasteiger partial charge on any atom is 0.274 e. The van der Waals surface area contributed by atoms with Crippen molar-refractivity contribution in [2.24, 2.45) is 0 Å². The summed E-state index contributed by atoms with van der Waals surface area (Å²) in [5, 5.41) is 8.18. The van der Waals surface area contributed by atoms with Gasteiger partial charge in [-0.1, -0.05) is 20.1 Å². The van der Waals surface area contributed by atoms with Crippen LogP contribution in [0.2, 0.25) is 13.1 Å². The molecule has 7 heavy (non-hydrogen) atoms. The average molecular weight is 99.9 g/mol. The molecule has 0 heterocycles. The van der Waals surface area contributed by atoms with Crippen molar-refractivity contribution in [3.8, 4) is 0 Å². The van der Waals surface area contributed by atoms with Crippen molar-refractivity contribution in [3.05, 3.63) is 0 Å². The monoisotopic (exact) mass is 100 g/mol. The van der Waals surface area contributed by atoms with Gasteiger partial charge in [0.25, 0.3) is 6.71 Å². The quantitative estimate of drug-likeness (QED) is 0.532. The van der Waals surface area contributed by atoms with Crippen LogP contribution in [0.25, 0.3) is 0 Å². The normalized spacial score (nSPS) is 8.29. The molecule has 0 aromatic rings. The van der Waals surface area contributed by atoms with Gasteiger partial charge in [-0.25, -0.2) is 0 Å². The van der Waals surface area contributed by atoms with Crippen LogP contribution in [0.15, 0.2) is 0 Å². The Kier molecular flexibility index (Phi) is 2.49. The summed E-state index contributed by atoms with van der Waals surface area (Å²) in [7, 11) is 0. The fourth-order valence-electron chi connectivity index (χ4n) is 0.175. The van der Waals surface area contributed by atoms with E-state index in [1.807, 2.05) is 6.92 Å². The summed E-state index contributed by atoms with van der Waals surface area (Å²) in [4.78, 5) is 9.93. The third-order valence-corrected chi connectivity index (χ3v) is 1.03. The predicted molar refractivity (Wildman–Crippen MR) is 30.1 cm³/mol. The van der Waals surface area contributed by atoms with E-state index < -0.39 is 5.87 Å². The van der Waals surface area contributed by atoms with Gasteiger partial charge in [0.2, 0.25) is 5.87 Å². The van der Waals surface area contributed by atoms with Crippen molar-refractivity contribution in [2.75, 3.05) is 0 Å². The molecule has 0 aliphatic heterocycles. The molecule has 0 radical (unpaired) electrons. The molecule has 0 saturated heterocycles. The Labute approximate surface area is 43.6 Å². The molecule has 40 valence electrons. The highest BCUT2D eigenvalue weighted by molar-refractivity contribution is 6.87. The first-order valence-corrected chi connectivity index (χ1v) is 2.41. The van der Waals surface area contributed by atoms with Gasteiger partial charge in [0.1, 0.15) is 0 Å². The molecule has 0 aliphatic carbocycles. The summed E-state index contributed by atoms with van der Waals surface area (Å²) in [5.41, 5.74) is 0. The fraction of sp³-hybridized carbons (Fsp3) is 0.750. The van der Waals surface area contributed by atoms with Crippen LogP contribution in [0, 0.1) is 0 Å². The van der Waals surface area contributed by atoms with Gasteiger partial charge in [0.15, 0.2) is 0 Å². The lowest BCUT2D eigenvalue weighted by Crippen LogP contribution is -2.17. The summed E-state index contributed by atoms with van der Waals surface area (Å²) in [5.74, 6) is -0.706. The number of rotatable bonds is 2. The molecule has 0 rings (SSSR count). The molecule has 1 N–H and O–H groups in total. The number of carbonyl (C=O) groups is 1. The highest BCUT2D eigenvalue weighted by Crippen LogP contribution is 1.88. The molecular weight excluding hydrogens is 90.9 g/mol. The van der Waals surface area contributed by atoms with Crippen LogP contribution >= 0.6 is 0 Å². The van der Waals surface area contributed by atoms with Crippen molar-refractivity contribution in [1.29, 1.82) is 0 Å².